The van der Waals surface area contributed by atoms with Crippen LogP contribution >= 0.6 is 0 Å². The summed E-state index contributed by atoms with van der Waals surface area (Å²) in [4.78, 5) is 4.06. The van der Waals surface area contributed by atoms with Crippen LogP contribution in [0, 0.1) is 5.82 Å². The van der Waals surface area contributed by atoms with Crippen molar-refractivity contribution in [2.75, 3.05) is 25.9 Å². The molecule has 2 aromatic rings. The van der Waals surface area contributed by atoms with Gasteiger partial charge in [-0.25, -0.2) is 17.5 Å². The van der Waals surface area contributed by atoms with Crippen molar-refractivity contribution in [3.63, 3.8) is 0 Å². The molecule has 0 aliphatic heterocycles. The lowest BCUT2D eigenvalue weighted by molar-refractivity contribution is 0.580. The molecule has 8 heteroatoms. The monoisotopic (exact) mass is 392 g/mol. The number of guanidine groups is 1. The highest BCUT2D eigenvalue weighted by Crippen LogP contribution is 2.03. The van der Waals surface area contributed by atoms with Crippen molar-refractivity contribution in [3.8, 4) is 0 Å². The van der Waals surface area contributed by atoms with Crippen molar-refractivity contribution in [3.05, 3.63) is 71.5 Å². The molecule has 0 saturated heterocycles. The fraction of sp³-hybridized carbons (Fsp3) is 0.316. The quantitative estimate of drug-likeness (QED) is 0.448. The third-order valence-electron chi connectivity index (χ3n) is 3.82. The van der Waals surface area contributed by atoms with Crippen LogP contribution in [0.5, 0.6) is 0 Å². The van der Waals surface area contributed by atoms with Crippen LogP contribution in [0.1, 0.15) is 11.1 Å². The zero-order chi connectivity index (χ0) is 19.5. The van der Waals surface area contributed by atoms with E-state index in [2.05, 4.69) is 20.3 Å². The van der Waals surface area contributed by atoms with Crippen LogP contribution in [-0.2, 0) is 23.0 Å². The van der Waals surface area contributed by atoms with Crippen LogP contribution in [0.15, 0.2) is 59.6 Å². The number of nitrogens with one attached hydrogen (secondary N) is 3. The van der Waals surface area contributed by atoms with Gasteiger partial charge in [-0.2, -0.15) is 0 Å². The molecule has 2 rings (SSSR count). The maximum Gasteiger partial charge on any atom is 0.213 e. The molecule has 146 valence electrons. The van der Waals surface area contributed by atoms with E-state index in [4.69, 9.17) is 0 Å². The highest BCUT2D eigenvalue weighted by molar-refractivity contribution is 7.89. The second-order valence-corrected chi connectivity index (χ2v) is 7.86. The first kappa shape index (κ1) is 20.9. The molecule has 0 unspecified atom stereocenters. The zero-order valence-electron chi connectivity index (χ0n) is 15.3. The number of halogens is 1. The highest BCUT2D eigenvalue weighted by Gasteiger charge is 2.10. The van der Waals surface area contributed by atoms with Crippen molar-refractivity contribution in [1.29, 1.82) is 0 Å². The summed E-state index contributed by atoms with van der Waals surface area (Å²) in [6.07, 6.45) is 0.634. The largest absolute Gasteiger partial charge is 0.356 e. The minimum Gasteiger partial charge on any atom is -0.356 e. The number of nitrogens with zero attached hydrogens (tertiary/aromatic N) is 1. The van der Waals surface area contributed by atoms with Gasteiger partial charge in [0, 0.05) is 26.7 Å². The summed E-state index contributed by atoms with van der Waals surface area (Å²) >= 11 is 0. The fourth-order valence-electron chi connectivity index (χ4n) is 2.40. The number of sulfonamides is 1. The van der Waals surface area contributed by atoms with Crippen LogP contribution in [0.2, 0.25) is 0 Å². The number of rotatable bonds is 9. The molecule has 0 aliphatic rings. The van der Waals surface area contributed by atoms with Crippen molar-refractivity contribution in [2.45, 2.75) is 13.0 Å². The van der Waals surface area contributed by atoms with E-state index in [9.17, 15) is 12.8 Å². The van der Waals surface area contributed by atoms with E-state index in [1.807, 2.05) is 36.4 Å². The average molecular weight is 393 g/mol. The molecule has 0 spiro atoms. The summed E-state index contributed by atoms with van der Waals surface area (Å²) < 4.78 is 39.8. The van der Waals surface area contributed by atoms with Gasteiger partial charge >= 0.3 is 0 Å². The van der Waals surface area contributed by atoms with Gasteiger partial charge in [0.1, 0.15) is 5.82 Å². The predicted octanol–water partition coefficient (Wildman–Crippen LogP) is 1.65. The Hall–Kier alpha value is -2.45. The first-order valence-electron chi connectivity index (χ1n) is 8.69. The Kier molecular flexibility index (Phi) is 8.22. The van der Waals surface area contributed by atoms with E-state index in [0.717, 1.165) is 11.1 Å². The van der Waals surface area contributed by atoms with Gasteiger partial charge in [0.2, 0.25) is 10.0 Å². The molecular weight excluding hydrogens is 367 g/mol. The van der Waals surface area contributed by atoms with Gasteiger partial charge in [0.05, 0.1) is 5.75 Å². The first-order valence-corrected chi connectivity index (χ1v) is 10.3. The third kappa shape index (κ3) is 8.19. The standard InChI is InChI=1S/C19H25FN4O2S/c1-21-19(22-11-10-16-8-5-9-18(20)14-16)23-12-13-27(25,26)24-15-17-6-3-2-4-7-17/h2-9,14,24H,10-13,15H2,1H3,(H2,21,22,23). The molecular formula is C19H25FN4O2S. The van der Waals surface area contributed by atoms with Gasteiger partial charge in [-0.3, -0.25) is 4.99 Å². The van der Waals surface area contributed by atoms with E-state index in [1.54, 1.807) is 13.1 Å². The Balaban J connectivity index is 1.69. The number of aliphatic imine (C=N–C) groups is 1. The molecule has 0 saturated carbocycles. The SMILES string of the molecule is CN=C(NCCc1cccc(F)c1)NCCS(=O)(=O)NCc1ccccc1. The Morgan fingerprint density at radius 2 is 1.70 bits per heavy atom. The Morgan fingerprint density at radius 3 is 2.41 bits per heavy atom. The van der Waals surface area contributed by atoms with E-state index in [-0.39, 0.29) is 24.7 Å². The maximum atomic E-state index is 13.1. The summed E-state index contributed by atoms with van der Waals surface area (Å²) in [7, 11) is -1.78. The van der Waals surface area contributed by atoms with Crippen molar-refractivity contribution >= 4 is 16.0 Å². The molecule has 0 fully saturated rings. The zero-order valence-corrected chi connectivity index (χ0v) is 16.1. The molecule has 3 N–H and O–H groups in total. The van der Waals surface area contributed by atoms with Gasteiger partial charge in [-0.05, 0) is 29.7 Å². The smallest absolute Gasteiger partial charge is 0.213 e. The van der Waals surface area contributed by atoms with Crippen LogP contribution in [0.3, 0.4) is 0 Å². The van der Waals surface area contributed by atoms with Gasteiger partial charge < -0.3 is 10.6 Å². The summed E-state index contributed by atoms with van der Waals surface area (Å²) in [5, 5.41) is 6.05. The molecule has 0 aromatic heterocycles. The van der Waals surface area contributed by atoms with Crippen LogP contribution in [-0.4, -0.2) is 40.3 Å². The Labute approximate surface area is 160 Å². The summed E-state index contributed by atoms with van der Waals surface area (Å²) in [5.41, 5.74) is 1.79. The number of hydrogen-bond acceptors (Lipinski definition) is 3. The minimum atomic E-state index is -3.39. The van der Waals surface area contributed by atoms with Gasteiger partial charge in [-0.15, -0.1) is 0 Å². The van der Waals surface area contributed by atoms with Gasteiger partial charge in [0.15, 0.2) is 5.96 Å². The molecule has 0 aliphatic carbocycles. The molecule has 0 amide bonds. The fourth-order valence-corrected chi connectivity index (χ4v) is 3.31. The lowest BCUT2D eigenvalue weighted by Gasteiger charge is -2.12. The summed E-state index contributed by atoms with van der Waals surface area (Å²) in [5.74, 6) is 0.178. The van der Waals surface area contributed by atoms with Gasteiger partial charge in [-0.1, -0.05) is 42.5 Å². The summed E-state index contributed by atoms with van der Waals surface area (Å²) in [6, 6.07) is 15.8. The van der Waals surface area contributed by atoms with Crippen LogP contribution in [0.25, 0.3) is 0 Å². The van der Waals surface area contributed by atoms with E-state index in [0.29, 0.717) is 18.9 Å². The van der Waals surface area contributed by atoms with Gasteiger partial charge in [0.25, 0.3) is 0 Å². The van der Waals surface area contributed by atoms with Crippen molar-refractivity contribution in [2.24, 2.45) is 4.99 Å². The lowest BCUT2D eigenvalue weighted by atomic mass is 10.1. The molecule has 2 aromatic carbocycles. The molecule has 0 heterocycles. The minimum absolute atomic E-state index is 0.0650. The normalized spacial score (nSPS) is 12.0. The lowest BCUT2D eigenvalue weighted by Crippen LogP contribution is -2.41. The van der Waals surface area contributed by atoms with E-state index >= 15 is 0 Å². The Morgan fingerprint density at radius 1 is 1.00 bits per heavy atom. The highest BCUT2D eigenvalue weighted by atomic mass is 32.2. The number of benzene rings is 2. The topological polar surface area (TPSA) is 82.6 Å². The second kappa shape index (κ2) is 10.6. The van der Waals surface area contributed by atoms with Crippen LogP contribution in [0.4, 0.5) is 4.39 Å². The van der Waals surface area contributed by atoms with Crippen molar-refractivity contribution in [1.82, 2.24) is 15.4 Å². The number of hydrogen-bond donors (Lipinski definition) is 3. The van der Waals surface area contributed by atoms with E-state index < -0.39 is 10.0 Å². The third-order valence-corrected chi connectivity index (χ3v) is 5.15. The molecule has 0 atom stereocenters. The Bertz CT molecular complexity index is 842. The average Bonchev–Trinajstić information content (AvgIpc) is 2.66. The first-order chi connectivity index (χ1) is 13.0. The predicted molar refractivity (Wildman–Crippen MR) is 107 cm³/mol. The summed E-state index contributed by atoms with van der Waals surface area (Å²) in [6.45, 7) is 1.05. The second-order valence-electron chi connectivity index (χ2n) is 5.93. The van der Waals surface area contributed by atoms with E-state index in [1.165, 1.54) is 12.1 Å². The molecule has 0 bridgehead atoms. The van der Waals surface area contributed by atoms with Crippen LogP contribution < -0.4 is 15.4 Å². The maximum absolute atomic E-state index is 13.1. The van der Waals surface area contributed by atoms with Crippen molar-refractivity contribution < 1.29 is 12.8 Å². The molecule has 0 radical (unpaired) electrons. The molecule has 6 nitrogen and oxygen atoms in total. The molecule has 27 heavy (non-hydrogen) atoms.